The van der Waals surface area contributed by atoms with Gasteiger partial charge in [-0.15, -0.1) is 0 Å². The number of hydrogen-bond donors (Lipinski definition) is 1. The van der Waals surface area contributed by atoms with E-state index < -0.39 is 23.8 Å². The fraction of sp³-hybridized carbons (Fsp3) is 0.300. The molecular formula is C20H21ClN2O3. The zero-order chi connectivity index (χ0) is 18.9. The van der Waals surface area contributed by atoms with Gasteiger partial charge in [-0.1, -0.05) is 41.9 Å². The third-order valence-corrected chi connectivity index (χ3v) is 4.15. The summed E-state index contributed by atoms with van der Waals surface area (Å²) in [6.07, 6.45) is -0.518. The fourth-order valence-corrected chi connectivity index (χ4v) is 3.01. The van der Waals surface area contributed by atoms with Gasteiger partial charge in [0, 0.05) is 10.7 Å². The minimum absolute atomic E-state index is 0.257. The van der Waals surface area contributed by atoms with Crippen molar-refractivity contribution in [1.82, 2.24) is 4.90 Å². The van der Waals surface area contributed by atoms with Crippen molar-refractivity contribution in [2.45, 2.75) is 38.5 Å². The molecule has 1 heterocycles. The Hall–Kier alpha value is -2.53. The van der Waals surface area contributed by atoms with Gasteiger partial charge in [0.1, 0.15) is 11.6 Å². The summed E-state index contributed by atoms with van der Waals surface area (Å²) in [6.45, 7) is 5.38. The molecule has 1 fully saturated rings. The molecular weight excluding hydrogens is 352 g/mol. The van der Waals surface area contributed by atoms with Crippen LogP contribution in [-0.2, 0) is 9.53 Å². The van der Waals surface area contributed by atoms with E-state index in [2.05, 4.69) is 5.32 Å². The normalized spacial score (nSPS) is 19.0. The molecule has 136 valence electrons. The Morgan fingerprint density at radius 1 is 1.08 bits per heavy atom. The highest BCUT2D eigenvalue weighted by Gasteiger charge is 2.57. The highest BCUT2D eigenvalue weighted by Crippen LogP contribution is 2.45. The molecule has 1 saturated heterocycles. The fourth-order valence-electron chi connectivity index (χ4n) is 2.81. The zero-order valence-electron chi connectivity index (χ0n) is 14.9. The second kappa shape index (κ2) is 7.00. The molecule has 1 N–H and O–H groups in total. The van der Waals surface area contributed by atoms with Crippen LogP contribution in [0.3, 0.4) is 0 Å². The maximum absolute atomic E-state index is 12.7. The number of benzene rings is 2. The van der Waals surface area contributed by atoms with Crippen LogP contribution in [0.15, 0.2) is 54.6 Å². The maximum Gasteiger partial charge on any atom is 0.411 e. The molecule has 6 heteroatoms. The molecule has 0 spiro atoms. The van der Waals surface area contributed by atoms with Gasteiger partial charge in [0.05, 0.1) is 6.04 Å². The Morgan fingerprint density at radius 3 is 2.38 bits per heavy atom. The summed E-state index contributed by atoms with van der Waals surface area (Å²) in [7, 11) is 0. The first kappa shape index (κ1) is 18.3. The van der Waals surface area contributed by atoms with Crippen LogP contribution in [0.4, 0.5) is 10.5 Å². The summed E-state index contributed by atoms with van der Waals surface area (Å²) in [5.74, 6) is -0.257. The van der Waals surface area contributed by atoms with Gasteiger partial charge in [-0.25, -0.2) is 4.79 Å². The molecule has 0 radical (unpaired) electrons. The van der Waals surface area contributed by atoms with Crippen molar-refractivity contribution in [2.24, 2.45) is 0 Å². The van der Waals surface area contributed by atoms with Crippen molar-refractivity contribution in [3.05, 3.63) is 65.2 Å². The van der Waals surface area contributed by atoms with Gasteiger partial charge >= 0.3 is 6.09 Å². The SMILES string of the molecule is CC(C)(C)OC(=O)N1[C@@H](C(=O)Nc2ccccc2)[C@@H]1c1cccc(Cl)c1. The van der Waals surface area contributed by atoms with E-state index in [0.29, 0.717) is 10.7 Å². The summed E-state index contributed by atoms with van der Waals surface area (Å²) in [5.41, 5.74) is 0.842. The van der Waals surface area contributed by atoms with Gasteiger partial charge in [0.2, 0.25) is 5.91 Å². The van der Waals surface area contributed by atoms with Gasteiger partial charge in [-0.05, 0) is 50.6 Å². The van der Waals surface area contributed by atoms with E-state index in [9.17, 15) is 9.59 Å². The van der Waals surface area contributed by atoms with Crippen molar-refractivity contribution in [2.75, 3.05) is 5.32 Å². The number of ether oxygens (including phenoxy) is 1. The number of para-hydroxylation sites is 1. The molecule has 0 aromatic heterocycles. The number of hydrogen-bond acceptors (Lipinski definition) is 3. The average Bonchev–Trinajstić information content (AvgIpc) is 3.30. The summed E-state index contributed by atoms with van der Waals surface area (Å²) < 4.78 is 5.45. The number of carbonyl (C=O) groups is 2. The van der Waals surface area contributed by atoms with Crippen LogP contribution in [0.2, 0.25) is 5.02 Å². The molecule has 3 rings (SSSR count). The summed E-state index contributed by atoms with van der Waals surface area (Å²) in [5, 5.41) is 3.40. The van der Waals surface area contributed by atoms with Crippen LogP contribution in [0.25, 0.3) is 0 Å². The van der Waals surface area contributed by atoms with Gasteiger partial charge in [0.15, 0.2) is 0 Å². The zero-order valence-corrected chi connectivity index (χ0v) is 15.7. The van der Waals surface area contributed by atoms with Crippen molar-refractivity contribution in [1.29, 1.82) is 0 Å². The predicted octanol–water partition coefficient (Wildman–Crippen LogP) is 4.64. The summed E-state index contributed by atoms with van der Waals surface area (Å²) in [6, 6.07) is 15.3. The predicted molar refractivity (Wildman–Crippen MR) is 101 cm³/mol. The number of halogens is 1. The number of amides is 2. The lowest BCUT2D eigenvalue weighted by molar-refractivity contribution is -0.116. The highest BCUT2D eigenvalue weighted by molar-refractivity contribution is 6.30. The van der Waals surface area contributed by atoms with Crippen LogP contribution < -0.4 is 5.32 Å². The third-order valence-electron chi connectivity index (χ3n) is 3.91. The Bertz CT molecular complexity index is 817. The Kier molecular flexibility index (Phi) is 4.92. The first-order valence-electron chi connectivity index (χ1n) is 8.39. The minimum atomic E-state index is -0.640. The van der Waals surface area contributed by atoms with E-state index in [1.807, 2.05) is 24.3 Å². The van der Waals surface area contributed by atoms with Crippen LogP contribution in [0.5, 0.6) is 0 Å². The molecule has 0 saturated carbocycles. The number of anilines is 1. The number of nitrogens with one attached hydrogen (secondary N) is 1. The third kappa shape index (κ3) is 4.17. The van der Waals surface area contributed by atoms with Gasteiger partial charge in [-0.3, -0.25) is 9.69 Å². The first-order chi connectivity index (χ1) is 12.3. The monoisotopic (exact) mass is 372 g/mol. The van der Waals surface area contributed by atoms with Crippen LogP contribution >= 0.6 is 11.6 Å². The van der Waals surface area contributed by atoms with Gasteiger partial charge in [0.25, 0.3) is 0 Å². The van der Waals surface area contributed by atoms with Crippen LogP contribution in [0, 0.1) is 0 Å². The largest absolute Gasteiger partial charge is 0.444 e. The van der Waals surface area contributed by atoms with E-state index in [-0.39, 0.29) is 5.91 Å². The quantitative estimate of drug-likeness (QED) is 0.798. The Labute approximate surface area is 157 Å². The van der Waals surface area contributed by atoms with E-state index in [1.165, 1.54) is 4.90 Å². The second-order valence-corrected chi connectivity index (χ2v) is 7.62. The molecule has 0 aliphatic carbocycles. The molecule has 1 aliphatic rings. The first-order valence-corrected chi connectivity index (χ1v) is 8.77. The molecule has 2 atom stereocenters. The lowest BCUT2D eigenvalue weighted by Gasteiger charge is -2.20. The topological polar surface area (TPSA) is 58.4 Å². The van der Waals surface area contributed by atoms with Crippen molar-refractivity contribution < 1.29 is 14.3 Å². The van der Waals surface area contributed by atoms with E-state index in [1.54, 1.807) is 51.1 Å². The van der Waals surface area contributed by atoms with E-state index >= 15 is 0 Å². The molecule has 2 amide bonds. The number of rotatable bonds is 3. The lowest BCUT2D eigenvalue weighted by Crippen LogP contribution is -2.30. The van der Waals surface area contributed by atoms with Crippen molar-refractivity contribution in [3.8, 4) is 0 Å². The Morgan fingerprint density at radius 2 is 1.77 bits per heavy atom. The van der Waals surface area contributed by atoms with Crippen LogP contribution in [0.1, 0.15) is 32.4 Å². The molecule has 5 nitrogen and oxygen atoms in total. The second-order valence-electron chi connectivity index (χ2n) is 7.19. The molecule has 1 aliphatic heterocycles. The smallest absolute Gasteiger partial charge is 0.411 e. The molecule has 2 aromatic rings. The molecule has 2 aromatic carbocycles. The van der Waals surface area contributed by atoms with Crippen molar-refractivity contribution in [3.63, 3.8) is 0 Å². The minimum Gasteiger partial charge on any atom is -0.444 e. The standard InChI is InChI=1S/C20H21ClN2O3/c1-20(2,3)26-19(25)23-16(13-8-7-9-14(21)12-13)17(23)18(24)22-15-10-5-4-6-11-15/h4-12,16-17H,1-3H3,(H,22,24)/t16-,17+,23?/m0/s1. The lowest BCUT2D eigenvalue weighted by atomic mass is 10.1. The summed E-state index contributed by atoms with van der Waals surface area (Å²) >= 11 is 6.07. The van der Waals surface area contributed by atoms with E-state index in [4.69, 9.17) is 16.3 Å². The van der Waals surface area contributed by atoms with Crippen LogP contribution in [-0.4, -0.2) is 28.5 Å². The Balaban J connectivity index is 1.82. The average molecular weight is 373 g/mol. The number of carbonyl (C=O) groups excluding carboxylic acids is 2. The molecule has 0 unspecified atom stereocenters. The maximum atomic E-state index is 12.7. The molecule has 0 bridgehead atoms. The van der Waals surface area contributed by atoms with Crippen molar-refractivity contribution >= 4 is 29.3 Å². The molecule has 26 heavy (non-hydrogen) atoms. The van der Waals surface area contributed by atoms with Gasteiger partial charge in [-0.2, -0.15) is 0 Å². The summed E-state index contributed by atoms with van der Waals surface area (Å²) in [4.78, 5) is 26.7. The highest BCUT2D eigenvalue weighted by atomic mass is 35.5. The number of nitrogens with zero attached hydrogens (tertiary/aromatic N) is 1. The van der Waals surface area contributed by atoms with E-state index in [0.717, 1.165) is 5.56 Å². The van der Waals surface area contributed by atoms with Gasteiger partial charge < -0.3 is 10.1 Å².